The molecule has 0 bridgehead atoms. The highest BCUT2D eigenvalue weighted by Crippen LogP contribution is 2.30. The molecular formula is C20H31NO2. The highest BCUT2D eigenvalue weighted by atomic mass is 16.5. The van der Waals surface area contributed by atoms with Crippen molar-refractivity contribution in [2.45, 2.75) is 70.4 Å². The molecule has 1 N–H and O–H groups in total. The molecule has 3 nitrogen and oxygen atoms in total. The number of likely N-dealkylation sites (tertiary alicyclic amines) is 1. The molecule has 1 aliphatic heterocycles. The van der Waals surface area contributed by atoms with E-state index in [-0.39, 0.29) is 0 Å². The fraction of sp³-hybridized carbons (Fsp3) is 0.700. The third-order valence-electron chi connectivity index (χ3n) is 5.62. The predicted molar refractivity (Wildman–Crippen MR) is 94.0 cm³/mol. The van der Waals surface area contributed by atoms with Gasteiger partial charge in [0, 0.05) is 12.6 Å². The van der Waals surface area contributed by atoms with Crippen molar-refractivity contribution in [2.24, 2.45) is 0 Å². The number of ether oxygens (including phenoxy) is 1. The van der Waals surface area contributed by atoms with Gasteiger partial charge in [-0.05, 0) is 64.1 Å². The molecule has 0 amide bonds. The van der Waals surface area contributed by atoms with Gasteiger partial charge in [-0.25, -0.2) is 0 Å². The number of hydrogen-bond acceptors (Lipinski definition) is 3. The van der Waals surface area contributed by atoms with Crippen molar-refractivity contribution in [1.82, 2.24) is 4.90 Å². The van der Waals surface area contributed by atoms with Crippen LogP contribution in [0.5, 0.6) is 5.75 Å². The lowest BCUT2D eigenvalue weighted by atomic mass is 9.96. The van der Waals surface area contributed by atoms with Gasteiger partial charge in [0.05, 0.1) is 5.60 Å². The van der Waals surface area contributed by atoms with Gasteiger partial charge in [-0.2, -0.15) is 0 Å². The summed E-state index contributed by atoms with van der Waals surface area (Å²) in [6.07, 6.45) is 8.19. The fourth-order valence-electron chi connectivity index (χ4n) is 4.15. The fourth-order valence-corrected chi connectivity index (χ4v) is 4.15. The second-order valence-corrected chi connectivity index (χ2v) is 7.61. The van der Waals surface area contributed by atoms with Gasteiger partial charge >= 0.3 is 0 Å². The van der Waals surface area contributed by atoms with Crippen molar-refractivity contribution in [3.8, 4) is 5.75 Å². The second kappa shape index (κ2) is 7.23. The van der Waals surface area contributed by atoms with Crippen LogP contribution in [0.1, 0.15) is 56.1 Å². The number of hydrogen-bond donors (Lipinski definition) is 1. The van der Waals surface area contributed by atoms with Crippen molar-refractivity contribution in [3.63, 3.8) is 0 Å². The Morgan fingerprint density at radius 2 is 1.91 bits per heavy atom. The summed E-state index contributed by atoms with van der Waals surface area (Å²) in [4.78, 5) is 2.61. The summed E-state index contributed by atoms with van der Waals surface area (Å²) in [5.74, 6) is 0.904. The van der Waals surface area contributed by atoms with Gasteiger partial charge in [0.25, 0.3) is 0 Å². The largest absolute Gasteiger partial charge is 0.490 e. The number of aliphatic hydroxyl groups is 1. The molecule has 2 aliphatic rings. The first kappa shape index (κ1) is 16.8. The molecule has 1 aliphatic carbocycles. The Labute approximate surface area is 140 Å². The Morgan fingerprint density at radius 3 is 2.65 bits per heavy atom. The van der Waals surface area contributed by atoms with E-state index in [0.29, 0.717) is 6.61 Å². The van der Waals surface area contributed by atoms with Crippen LogP contribution in [0.3, 0.4) is 0 Å². The number of benzene rings is 1. The zero-order chi connectivity index (χ0) is 16.3. The normalized spacial score (nSPS) is 27.1. The van der Waals surface area contributed by atoms with Crippen molar-refractivity contribution in [2.75, 3.05) is 19.7 Å². The molecule has 1 aromatic carbocycles. The summed E-state index contributed by atoms with van der Waals surface area (Å²) >= 11 is 0. The topological polar surface area (TPSA) is 32.7 Å². The van der Waals surface area contributed by atoms with Crippen LogP contribution in [0.25, 0.3) is 0 Å². The summed E-state index contributed by atoms with van der Waals surface area (Å²) in [5.41, 5.74) is 1.72. The predicted octanol–water partition coefficient (Wildman–Crippen LogP) is 3.84. The van der Waals surface area contributed by atoms with Crippen molar-refractivity contribution in [1.29, 1.82) is 0 Å². The molecule has 3 heteroatoms. The average Bonchev–Trinajstić information content (AvgIpc) is 2.97. The van der Waals surface area contributed by atoms with Gasteiger partial charge in [-0.3, -0.25) is 0 Å². The Bertz CT molecular complexity index is 524. The summed E-state index contributed by atoms with van der Waals surface area (Å²) in [5, 5.41) is 11.0. The van der Waals surface area contributed by atoms with Crippen LogP contribution in [0, 0.1) is 13.8 Å². The molecule has 0 spiro atoms. The van der Waals surface area contributed by atoms with Crippen LogP contribution < -0.4 is 4.74 Å². The number of rotatable bonds is 4. The highest BCUT2D eigenvalue weighted by molar-refractivity contribution is 5.35. The molecule has 1 atom stereocenters. The third-order valence-corrected chi connectivity index (χ3v) is 5.62. The van der Waals surface area contributed by atoms with Crippen molar-refractivity contribution >= 4 is 0 Å². The lowest BCUT2D eigenvalue weighted by Gasteiger charge is -2.29. The van der Waals surface area contributed by atoms with E-state index < -0.39 is 5.60 Å². The van der Waals surface area contributed by atoms with E-state index >= 15 is 0 Å². The van der Waals surface area contributed by atoms with Gasteiger partial charge in [-0.1, -0.05) is 30.5 Å². The van der Waals surface area contributed by atoms with Gasteiger partial charge in [-0.15, -0.1) is 0 Å². The Hall–Kier alpha value is -1.06. The second-order valence-electron chi connectivity index (χ2n) is 7.61. The molecule has 1 saturated carbocycles. The lowest BCUT2D eigenvalue weighted by molar-refractivity contribution is -0.0176. The molecule has 2 fully saturated rings. The van der Waals surface area contributed by atoms with Crippen molar-refractivity contribution in [3.05, 3.63) is 29.3 Å². The van der Waals surface area contributed by atoms with Gasteiger partial charge in [0.2, 0.25) is 0 Å². The zero-order valence-electron chi connectivity index (χ0n) is 14.7. The molecule has 128 valence electrons. The highest BCUT2D eigenvalue weighted by Gasteiger charge is 2.33. The van der Waals surface area contributed by atoms with E-state index in [1.807, 2.05) is 6.07 Å². The summed E-state index contributed by atoms with van der Waals surface area (Å²) < 4.78 is 5.98. The third kappa shape index (κ3) is 4.27. The summed E-state index contributed by atoms with van der Waals surface area (Å²) in [7, 11) is 0. The molecule has 0 aromatic heterocycles. The maximum absolute atomic E-state index is 11.0. The molecule has 0 radical (unpaired) electrons. The smallest absolute Gasteiger partial charge is 0.122 e. The maximum Gasteiger partial charge on any atom is 0.122 e. The Morgan fingerprint density at radius 1 is 1.13 bits per heavy atom. The minimum atomic E-state index is -0.676. The Balaban J connectivity index is 1.56. The summed E-state index contributed by atoms with van der Waals surface area (Å²) in [6.45, 7) is 6.72. The first-order valence-corrected chi connectivity index (χ1v) is 9.22. The molecule has 0 unspecified atom stereocenters. The minimum Gasteiger partial charge on any atom is -0.490 e. The van der Waals surface area contributed by atoms with Crippen LogP contribution in [0.2, 0.25) is 0 Å². The lowest BCUT2D eigenvalue weighted by Crippen LogP contribution is -2.39. The number of aryl methyl sites for hydroxylation is 2. The summed E-state index contributed by atoms with van der Waals surface area (Å²) in [6, 6.07) is 6.99. The number of nitrogens with zero attached hydrogens (tertiary/aromatic N) is 1. The molecular weight excluding hydrogens is 286 g/mol. The monoisotopic (exact) mass is 317 g/mol. The van der Waals surface area contributed by atoms with E-state index in [1.54, 1.807) is 0 Å². The Kier molecular flexibility index (Phi) is 5.27. The van der Waals surface area contributed by atoms with Crippen molar-refractivity contribution < 1.29 is 9.84 Å². The van der Waals surface area contributed by atoms with E-state index in [1.165, 1.54) is 31.2 Å². The van der Waals surface area contributed by atoms with E-state index in [4.69, 9.17) is 4.74 Å². The molecule has 1 aromatic rings. The molecule has 3 rings (SSSR count). The van der Waals surface area contributed by atoms with Gasteiger partial charge < -0.3 is 14.7 Å². The van der Waals surface area contributed by atoms with Crippen LogP contribution in [0.15, 0.2) is 18.2 Å². The van der Waals surface area contributed by atoms with Crippen LogP contribution >= 0.6 is 0 Å². The molecule has 1 saturated heterocycles. The van der Waals surface area contributed by atoms with Gasteiger partial charge in [0.15, 0.2) is 0 Å². The van der Waals surface area contributed by atoms with E-state index in [9.17, 15) is 5.11 Å². The maximum atomic E-state index is 11.0. The van der Waals surface area contributed by atoms with Crippen LogP contribution in [0.4, 0.5) is 0 Å². The quantitative estimate of drug-likeness (QED) is 0.916. The van der Waals surface area contributed by atoms with Crippen LogP contribution in [-0.4, -0.2) is 41.3 Å². The standard InChI is InChI=1S/C20H31NO2/c1-16-8-9-19(17(2)14-16)23-15-20(22)10-5-12-21(13-11-20)18-6-3-4-7-18/h8-9,14,18,22H,3-7,10-13,15H2,1-2H3/t20-/m1/s1. The van der Waals surface area contributed by atoms with E-state index in [2.05, 4.69) is 30.9 Å². The average molecular weight is 317 g/mol. The van der Waals surface area contributed by atoms with E-state index in [0.717, 1.165) is 49.7 Å². The van der Waals surface area contributed by atoms with Crippen LogP contribution in [-0.2, 0) is 0 Å². The first-order valence-electron chi connectivity index (χ1n) is 9.22. The zero-order valence-corrected chi connectivity index (χ0v) is 14.7. The van der Waals surface area contributed by atoms with Gasteiger partial charge in [0.1, 0.15) is 12.4 Å². The minimum absolute atomic E-state index is 0.412. The SMILES string of the molecule is Cc1ccc(OC[C@@]2(O)CCCN(C3CCCC3)CC2)c(C)c1. The molecule has 23 heavy (non-hydrogen) atoms. The first-order chi connectivity index (χ1) is 11.1. The molecule has 1 heterocycles.